The van der Waals surface area contributed by atoms with Crippen LogP contribution in [0, 0.1) is 0 Å². The predicted octanol–water partition coefficient (Wildman–Crippen LogP) is 2.50. The van der Waals surface area contributed by atoms with E-state index in [1.165, 1.54) is 5.56 Å². The lowest BCUT2D eigenvalue weighted by molar-refractivity contribution is 0.0998. The Morgan fingerprint density at radius 3 is 2.72 bits per heavy atom. The van der Waals surface area contributed by atoms with Gasteiger partial charge in [-0.15, -0.1) is 0 Å². The third-order valence-corrected chi connectivity index (χ3v) is 3.94. The number of amides is 1. The molecule has 6 nitrogen and oxygen atoms in total. The van der Waals surface area contributed by atoms with E-state index >= 15 is 0 Å². The summed E-state index contributed by atoms with van der Waals surface area (Å²) in [6, 6.07) is 18.0. The molecule has 0 radical (unpaired) electrons. The number of carbonyl (C=O) groups excluding carboxylic acids is 1. The number of aromatic nitrogens is 1. The Morgan fingerprint density at radius 2 is 1.96 bits per heavy atom. The van der Waals surface area contributed by atoms with Crippen LogP contribution in [0.5, 0.6) is 0 Å². The summed E-state index contributed by atoms with van der Waals surface area (Å²) >= 11 is 0. The van der Waals surface area contributed by atoms with Gasteiger partial charge in [0.2, 0.25) is 0 Å². The highest BCUT2D eigenvalue weighted by molar-refractivity contribution is 6.05. The molecule has 0 fully saturated rings. The second-order valence-corrected chi connectivity index (χ2v) is 5.67. The zero-order valence-electron chi connectivity index (χ0n) is 14.0. The van der Waals surface area contributed by atoms with Gasteiger partial charge in [-0.05, 0) is 24.1 Å². The van der Waals surface area contributed by atoms with Crippen LogP contribution in [-0.4, -0.2) is 30.4 Å². The van der Waals surface area contributed by atoms with Crippen molar-refractivity contribution in [2.45, 2.75) is 6.42 Å². The van der Waals surface area contributed by atoms with Gasteiger partial charge < -0.3 is 21.4 Å². The molecule has 3 aromatic rings. The molecule has 1 aromatic heterocycles. The molecule has 2 aromatic carbocycles. The number of nitrogens with two attached hydrogens (primary N) is 1. The molecule has 3 rings (SSSR count). The van der Waals surface area contributed by atoms with Crippen molar-refractivity contribution in [3.05, 3.63) is 65.9 Å². The van der Waals surface area contributed by atoms with Crippen LogP contribution in [0.2, 0.25) is 0 Å². The molecule has 0 atom stereocenters. The number of guanidine groups is 1. The third-order valence-electron chi connectivity index (χ3n) is 3.94. The fraction of sp³-hybridized carbons (Fsp3) is 0.158. The number of benzene rings is 2. The normalized spacial score (nSPS) is 11.5. The molecule has 0 aliphatic heterocycles. The molecule has 1 amide bonds. The quantitative estimate of drug-likeness (QED) is 0.425. The average Bonchev–Trinajstić information content (AvgIpc) is 3.08. The largest absolute Gasteiger partial charge is 0.383 e. The number of H-pyrrole nitrogens is 1. The number of aromatic amines is 1. The van der Waals surface area contributed by atoms with Crippen molar-refractivity contribution in [3.8, 4) is 0 Å². The summed E-state index contributed by atoms with van der Waals surface area (Å²) in [6.07, 6.45) is 0.923. The first-order valence-corrected chi connectivity index (χ1v) is 8.13. The zero-order valence-corrected chi connectivity index (χ0v) is 14.0. The zero-order chi connectivity index (χ0) is 17.6. The summed E-state index contributed by atoms with van der Waals surface area (Å²) in [4.78, 5) is 19.1. The minimum absolute atomic E-state index is 0.0878. The standard InChI is InChI=1S/C19H21N5O/c1-21-19(20)24-18(25)16-12-14-8-5-9-15(17(14)23-16)22-11-10-13-6-3-2-4-7-13/h2-9,12,22-23H,10-11H2,1H3,(H3,20,21,24,25). The SMILES string of the molecule is CNC(N)=NC(=O)c1cc2cccc(NCCc3ccccc3)c2[nH]1. The molecular formula is C19H21N5O. The maximum Gasteiger partial charge on any atom is 0.296 e. The topological polar surface area (TPSA) is 95.3 Å². The summed E-state index contributed by atoms with van der Waals surface area (Å²) in [6.45, 7) is 0.802. The van der Waals surface area contributed by atoms with Crippen molar-refractivity contribution in [1.29, 1.82) is 0 Å². The van der Waals surface area contributed by atoms with Crippen molar-refractivity contribution >= 4 is 28.5 Å². The highest BCUT2D eigenvalue weighted by atomic mass is 16.1. The Hall–Kier alpha value is -3.28. The van der Waals surface area contributed by atoms with Crippen molar-refractivity contribution < 1.29 is 4.79 Å². The number of rotatable bonds is 5. The van der Waals surface area contributed by atoms with Gasteiger partial charge in [-0.1, -0.05) is 42.5 Å². The first-order chi connectivity index (χ1) is 12.2. The van der Waals surface area contributed by atoms with Crippen LogP contribution >= 0.6 is 0 Å². The van der Waals surface area contributed by atoms with E-state index in [9.17, 15) is 4.79 Å². The smallest absolute Gasteiger partial charge is 0.296 e. The molecule has 6 heteroatoms. The van der Waals surface area contributed by atoms with Crippen molar-refractivity contribution in [3.63, 3.8) is 0 Å². The second kappa shape index (κ2) is 7.53. The number of para-hydroxylation sites is 1. The fourth-order valence-electron chi connectivity index (χ4n) is 2.63. The number of nitrogens with zero attached hydrogens (tertiary/aromatic N) is 1. The molecule has 128 valence electrons. The minimum Gasteiger partial charge on any atom is -0.383 e. The summed E-state index contributed by atoms with van der Waals surface area (Å²) in [5.74, 6) is -0.317. The monoisotopic (exact) mass is 335 g/mol. The maximum atomic E-state index is 12.1. The number of anilines is 1. The fourth-order valence-corrected chi connectivity index (χ4v) is 2.63. The van der Waals surface area contributed by atoms with Crippen LogP contribution < -0.4 is 16.4 Å². The number of nitrogens with one attached hydrogen (secondary N) is 3. The Bertz CT molecular complexity index is 899. The molecule has 0 saturated carbocycles. The van der Waals surface area contributed by atoms with E-state index in [0.29, 0.717) is 5.69 Å². The van der Waals surface area contributed by atoms with Gasteiger partial charge in [0.05, 0.1) is 11.2 Å². The third kappa shape index (κ3) is 3.98. The molecule has 0 spiro atoms. The van der Waals surface area contributed by atoms with Crippen LogP contribution in [0.3, 0.4) is 0 Å². The Kier molecular flexibility index (Phi) is 4.99. The first-order valence-electron chi connectivity index (χ1n) is 8.13. The van der Waals surface area contributed by atoms with E-state index in [0.717, 1.165) is 29.6 Å². The van der Waals surface area contributed by atoms with Crippen LogP contribution in [0.4, 0.5) is 5.69 Å². The van der Waals surface area contributed by atoms with Crippen LogP contribution in [-0.2, 0) is 6.42 Å². The van der Waals surface area contributed by atoms with Crippen molar-refractivity contribution in [2.24, 2.45) is 10.7 Å². The molecule has 0 saturated heterocycles. The molecule has 0 aliphatic rings. The lowest BCUT2D eigenvalue weighted by Crippen LogP contribution is -2.28. The number of hydrogen-bond donors (Lipinski definition) is 4. The predicted molar refractivity (Wildman–Crippen MR) is 102 cm³/mol. The van der Waals surface area contributed by atoms with E-state index in [-0.39, 0.29) is 5.96 Å². The van der Waals surface area contributed by atoms with Gasteiger partial charge >= 0.3 is 0 Å². The van der Waals surface area contributed by atoms with Crippen molar-refractivity contribution in [1.82, 2.24) is 10.3 Å². The van der Waals surface area contributed by atoms with E-state index in [1.807, 2.05) is 36.4 Å². The number of aliphatic imine (C=N–C) groups is 1. The Labute approximate surface area is 146 Å². The van der Waals surface area contributed by atoms with Crippen molar-refractivity contribution in [2.75, 3.05) is 18.9 Å². The van der Waals surface area contributed by atoms with Crippen LogP contribution in [0.15, 0.2) is 59.6 Å². The van der Waals surface area contributed by atoms with E-state index in [2.05, 4.69) is 32.7 Å². The highest BCUT2D eigenvalue weighted by Crippen LogP contribution is 2.24. The average molecular weight is 335 g/mol. The Balaban J connectivity index is 1.76. The molecule has 0 unspecified atom stereocenters. The lowest BCUT2D eigenvalue weighted by Gasteiger charge is -2.07. The lowest BCUT2D eigenvalue weighted by atomic mass is 10.1. The number of hydrogen-bond acceptors (Lipinski definition) is 2. The van der Waals surface area contributed by atoms with E-state index < -0.39 is 5.91 Å². The number of carbonyl (C=O) groups is 1. The molecular weight excluding hydrogens is 314 g/mol. The van der Waals surface area contributed by atoms with Crippen LogP contribution in [0.1, 0.15) is 16.1 Å². The van der Waals surface area contributed by atoms with Gasteiger partial charge in [0, 0.05) is 19.0 Å². The molecule has 5 N–H and O–H groups in total. The summed E-state index contributed by atoms with van der Waals surface area (Å²) < 4.78 is 0. The first kappa shape index (κ1) is 16.6. The van der Waals surface area contributed by atoms with E-state index in [1.54, 1.807) is 13.1 Å². The van der Waals surface area contributed by atoms with Gasteiger partial charge in [0.1, 0.15) is 5.69 Å². The van der Waals surface area contributed by atoms with E-state index in [4.69, 9.17) is 5.73 Å². The summed E-state index contributed by atoms with van der Waals surface area (Å²) in [7, 11) is 1.62. The summed E-state index contributed by atoms with van der Waals surface area (Å²) in [5, 5.41) is 7.01. The maximum absolute atomic E-state index is 12.1. The Morgan fingerprint density at radius 1 is 1.16 bits per heavy atom. The number of fused-ring (bicyclic) bond motifs is 1. The van der Waals surface area contributed by atoms with Gasteiger partial charge in [-0.25, -0.2) is 0 Å². The van der Waals surface area contributed by atoms with Gasteiger partial charge in [0.15, 0.2) is 5.96 Å². The van der Waals surface area contributed by atoms with Crippen LogP contribution in [0.25, 0.3) is 10.9 Å². The molecule has 1 heterocycles. The molecule has 0 bridgehead atoms. The van der Waals surface area contributed by atoms with Gasteiger partial charge in [-0.2, -0.15) is 4.99 Å². The highest BCUT2D eigenvalue weighted by Gasteiger charge is 2.11. The van der Waals surface area contributed by atoms with Gasteiger partial charge in [-0.3, -0.25) is 4.79 Å². The second-order valence-electron chi connectivity index (χ2n) is 5.67. The molecule has 25 heavy (non-hydrogen) atoms. The van der Waals surface area contributed by atoms with Gasteiger partial charge in [0.25, 0.3) is 5.91 Å². The summed E-state index contributed by atoms with van der Waals surface area (Å²) in [5.41, 5.74) is 9.08. The molecule has 0 aliphatic carbocycles. The minimum atomic E-state index is -0.404.